The Labute approximate surface area is 307 Å². The Kier molecular flexibility index (Phi) is 21.6. The summed E-state index contributed by atoms with van der Waals surface area (Å²) >= 11 is 0. The molecule has 6 heteroatoms. The van der Waals surface area contributed by atoms with Crippen LogP contribution in [-0.2, 0) is 12.8 Å². The number of amides is 4. The maximum absolute atomic E-state index is 14.7. The Hall–Kier alpha value is -3.02. The normalized spacial score (nSPS) is 11.3. The van der Waals surface area contributed by atoms with Gasteiger partial charge in [0.1, 0.15) is 0 Å². The first kappa shape index (κ1) is 43.1. The largest absolute Gasteiger partial charge is 0.341 e. The molecule has 0 heterocycles. The van der Waals surface area contributed by atoms with Crippen molar-refractivity contribution in [1.82, 2.24) is 10.3 Å². The molecule has 0 atom stereocenters. The van der Waals surface area contributed by atoms with Gasteiger partial charge in [-0.2, -0.15) is 5.01 Å². The number of hydrazine groups is 1. The lowest BCUT2D eigenvalue weighted by Crippen LogP contribution is -2.56. The number of hydrogen-bond acceptors (Lipinski definition) is 2. The summed E-state index contributed by atoms with van der Waals surface area (Å²) in [4.78, 5) is 29.3. The number of para-hydroxylation sites is 2. The van der Waals surface area contributed by atoms with Crippen LogP contribution in [0.25, 0.3) is 0 Å². The Bertz CT molecular complexity index is 1190. The van der Waals surface area contributed by atoms with Crippen LogP contribution in [0.5, 0.6) is 0 Å². The van der Waals surface area contributed by atoms with Gasteiger partial charge in [-0.3, -0.25) is 0 Å². The minimum atomic E-state index is -0.251. The Morgan fingerprint density at radius 1 is 0.580 bits per heavy atom. The number of unbranched alkanes of at least 4 members (excludes halogenated alkanes) is 14. The molecule has 0 fully saturated rings. The van der Waals surface area contributed by atoms with E-state index in [2.05, 4.69) is 102 Å². The van der Waals surface area contributed by atoms with E-state index in [4.69, 9.17) is 0 Å². The monoisotopic (exact) mass is 691 g/mol. The summed E-state index contributed by atoms with van der Waals surface area (Å²) in [5.41, 5.74) is 6.11. The second kappa shape index (κ2) is 25.0. The second-order valence-corrected chi connectivity index (χ2v) is 14.8. The van der Waals surface area contributed by atoms with Crippen LogP contribution in [0.4, 0.5) is 21.0 Å². The molecule has 0 aliphatic carbocycles. The zero-order chi connectivity index (χ0) is 36.7. The van der Waals surface area contributed by atoms with Gasteiger partial charge in [-0.25, -0.2) is 14.6 Å². The number of benzene rings is 2. The molecule has 2 N–H and O–H groups in total. The SMILES string of the molecule is CCCCCCCCCCNC(=O)N(c1c(C(C)C)cccc1C(C)C)N(CCCCCCCCCC)C(=O)Nc1c(CC)cccc1CC. The van der Waals surface area contributed by atoms with Crippen molar-refractivity contribution >= 4 is 23.4 Å². The quantitative estimate of drug-likeness (QED) is 0.0850. The van der Waals surface area contributed by atoms with Crippen molar-refractivity contribution in [1.29, 1.82) is 0 Å². The van der Waals surface area contributed by atoms with Crippen LogP contribution in [0, 0.1) is 0 Å². The maximum atomic E-state index is 14.7. The number of rotatable bonds is 24. The Morgan fingerprint density at radius 2 is 1.02 bits per heavy atom. The molecule has 6 nitrogen and oxygen atoms in total. The summed E-state index contributed by atoms with van der Waals surface area (Å²) in [6.07, 6.45) is 20.6. The molecule has 0 unspecified atom stereocenters. The van der Waals surface area contributed by atoms with Crippen molar-refractivity contribution in [3.05, 3.63) is 58.7 Å². The van der Waals surface area contributed by atoms with Gasteiger partial charge in [-0.15, -0.1) is 0 Å². The second-order valence-electron chi connectivity index (χ2n) is 14.8. The number of anilines is 2. The molecular formula is C44H74N4O2. The first-order valence-electron chi connectivity index (χ1n) is 20.6. The maximum Gasteiger partial charge on any atom is 0.341 e. The summed E-state index contributed by atoms with van der Waals surface area (Å²) < 4.78 is 0. The van der Waals surface area contributed by atoms with Gasteiger partial charge >= 0.3 is 12.1 Å². The lowest BCUT2D eigenvalue weighted by atomic mass is 9.92. The fourth-order valence-corrected chi connectivity index (χ4v) is 6.88. The lowest BCUT2D eigenvalue weighted by molar-refractivity contribution is 0.195. The average molecular weight is 691 g/mol. The van der Waals surface area contributed by atoms with E-state index >= 15 is 0 Å². The van der Waals surface area contributed by atoms with E-state index in [0.29, 0.717) is 13.1 Å². The van der Waals surface area contributed by atoms with Gasteiger partial charge in [0.15, 0.2) is 0 Å². The zero-order valence-electron chi connectivity index (χ0n) is 33.5. The molecule has 0 spiro atoms. The average Bonchev–Trinajstić information content (AvgIpc) is 3.11. The predicted molar refractivity (Wildman–Crippen MR) is 217 cm³/mol. The van der Waals surface area contributed by atoms with Gasteiger partial charge < -0.3 is 10.6 Å². The van der Waals surface area contributed by atoms with Gasteiger partial charge in [-0.1, -0.05) is 182 Å². The highest BCUT2D eigenvalue weighted by Crippen LogP contribution is 2.37. The van der Waals surface area contributed by atoms with Crippen molar-refractivity contribution in [2.45, 2.75) is 183 Å². The predicted octanol–water partition coefficient (Wildman–Crippen LogP) is 13.3. The highest BCUT2D eigenvalue weighted by atomic mass is 16.2. The van der Waals surface area contributed by atoms with Crippen LogP contribution in [0.1, 0.15) is 192 Å². The number of carbonyl (C=O) groups excluding carboxylic acids is 2. The van der Waals surface area contributed by atoms with E-state index in [9.17, 15) is 9.59 Å². The first-order chi connectivity index (χ1) is 24.2. The molecule has 2 aromatic carbocycles. The van der Waals surface area contributed by atoms with Gasteiger partial charge in [0.05, 0.1) is 5.69 Å². The van der Waals surface area contributed by atoms with Crippen molar-refractivity contribution in [3.8, 4) is 0 Å². The number of nitrogens with one attached hydrogen (secondary N) is 2. The highest BCUT2D eigenvalue weighted by molar-refractivity contribution is 6.00. The fourth-order valence-electron chi connectivity index (χ4n) is 6.88. The van der Waals surface area contributed by atoms with Gasteiger partial charge in [0, 0.05) is 18.8 Å². The molecule has 282 valence electrons. The summed E-state index contributed by atoms with van der Waals surface area (Å²) in [5.74, 6) is 0.347. The van der Waals surface area contributed by atoms with E-state index in [1.54, 1.807) is 10.0 Å². The van der Waals surface area contributed by atoms with Crippen LogP contribution >= 0.6 is 0 Å². The molecule has 0 saturated carbocycles. The van der Waals surface area contributed by atoms with E-state index in [1.807, 2.05) is 0 Å². The van der Waals surface area contributed by atoms with Crippen LogP contribution in [-0.4, -0.2) is 30.2 Å². The molecular weight excluding hydrogens is 617 g/mol. The molecule has 2 rings (SSSR count). The first-order valence-corrected chi connectivity index (χ1v) is 20.6. The van der Waals surface area contributed by atoms with Crippen LogP contribution < -0.4 is 15.6 Å². The molecule has 50 heavy (non-hydrogen) atoms. The molecule has 0 aromatic heterocycles. The summed E-state index contributed by atoms with van der Waals surface area (Å²) in [6.45, 7) is 18.5. The van der Waals surface area contributed by atoms with Crippen LogP contribution in [0.3, 0.4) is 0 Å². The third kappa shape index (κ3) is 14.3. The summed E-state index contributed by atoms with van der Waals surface area (Å²) in [5, 5.41) is 10.0. The third-order valence-electron chi connectivity index (χ3n) is 9.98. The molecule has 0 radical (unpaired) electrons. The number of urea groups is 2. The Balaban J connectivity index is 2.48. The highest BCUT2D eigenvalue weighted by Gasteiger charge is 2.33. The topological polar surface area (TPSA) is 64.7 Å². The minimum absolute atomic E-state index is 0.173. The minimum Gasteiger partial charge on any atom is -0.336 e. The van der Waals surface area contributed by atoms with Crippen molar-refractivity contribution < 1.29 is 9.59 Å². The Morgan fingerprint density at radius 3 is 1.48 bits per heavy atom. The van der Waals surface area contributed by atoms with Gasteiger partial charge in [0.25, 0.3) is 0 Å². The van der Waals surface area contributed by atoms with E-state index in [-0.39, 0.29) is 23.9 Å². The molecule has 0 saturated heterocycles. The molecule has 2 aromatic rings. The molecule has 0 aliphatic rings. The van der Waals surface area contributed by atoms with Crippen LogP contribution in [0.2, 0.25) is 0 Å². The van der Waals surface area contributed by atoms with Gasteiger partial charge in [-0.05, 0) is 59.8 Å². The van der Waals surface area contributed by atoms with Crippen LogP contribution in [0.15, 0.2) is 36.4 Å². The summed E-state index contributed by atoms with van der Waals surface area (Å²) in [6, 6.07) is 12.1. The molecule has 0 bridgehead atoms. The van der Waals surface area contributed by atoms with Crippen molar-refractivity contribution in [2.75, 3.05) is 23.4 Å². The number of aryl methyl sites for hydroxylation is 2. The smallest absolute Gasteiger partial charge is 0.336 e. The zero-order valence-corrected chi connectivity index (χ0v) is 33.5. The fraction of sp³-hybridized carbons (Fsp3) is 0.682. The number of nitrogens with zero attached hydrogens (tertiary/aromatic N) is 2. The van der Waals surface area contributed by atoms with Crippen molar-refractivity contribution in [3.63, 3.8) is 0 Å². The summed E-state index contributed by atoms with van der Waals surface area (Å²) in [7, 11) is 0. The number of hydrogen-bond donors (Lipinski definition) is 2. The van der Waals surface area contributed by atoms with Gasteiger partial charge in [0.2, 0.25) is 0 Å². The molecule has 0 aliphatic heterocycles. The van der Waals surface area contributed by atoms with E-state index < -0.39 is 0 Å². The lowest BCUT2D eigenvalue weighted by Gasteiger charge is -2.38. The molecule has 4 amide bonds. The van der Waals surface area contributed by atoms with E-state index in [1.165, 1.54) is 70.6 Å². The van der Waals surface area contributed by atoms with Crippen molar-refractivity contribution in [2.24, 2.45) is 0 Å². The standard InChI is InChI=1S/C44H74N4O2/c1-9-13-15-17-19-21-23-25-33-45-43(49)48(42-39(35(5)6)31-28-32-40(42)36(7)8)47(34-26-24-22-20-18-16-14-10-2)44(50)46-41-37(11-3)29-27-30-38(41)12-4/h27-32,35-36H,9-26,33-34H2,1-8H3,(H,45,49)(H,46,50). The third-order valence-corrected chi connectivity index (χ3v) is 9.98. The number of carbonyl (C=O) groups is 2. The van der Waals surface area contributed by atoms with E-state index in [0.717, 1.165) is 78.6 Å².